The molecule has 0 saturated carbocycles. The molecule has 19 heavy (non-hydrogen) atoms. The van der Waals surface area contributed by atoms with Crippen LogP contribution in [0.3, 0.4) is 0 Å². The number of nitriles is 1. The third-order valence-electron chi connectivity index (χ3n) is 2.39. The highest BCUT2D eigenvalue weighted by molar-refractivity contribution is 7.13. The standard InChI is InChI=1S/C13H9FN2O2S/c1-2-18-13(17)11-12(19-7-16-11)8-3-4-10(14)9(5-8)6-15/h3-5,7H,2H2,1H3. The average molecular weight is 276 g/mol. The van der Waals surface area contributed by atoms with Gasteiger partial charge in [-0.15, -0.1) is 11.3 Å². The minimum atomic E-state index is -0.589. The van der Waals surface area contributed by atoms with E-state index in [1.54, 1.807) is 13.0 Å². The van der Waals surface area contributed by atoms with Crippen LogP contribution in [0.25, 0.3) is 10.4 Å². The van der Waals surface area contributed by atoms with Gasteiger partial charge in [-0.1, -0.05) is 6.07 Å². The molecule has 1 aromatic heterocycles. The van der Waals surface area contributed by atoms with Crippen molar-refractivity contribution in [3.05, 3.63) is 40.8 Å². The van der Waals surface area contributed by atoms with Crippen LogP contribution in [-0.2, 0) is 4.74 Å². The minimum absolute atomic E-state index is 0.0688. The molecule has 96 valence electrons. The molecule has 0 spiro atoms. The number of carbonyl (C=O) groups is 1. The van der Waals surface area contributed by atoms with Gasteiger partial charge in [0.05, 0.1) is 22.6 Å². The number of rotatable bonds is 3. The van der Waals surface area contributed by atoms with Gasteiger partial charge in [-0.05, 0) is 24.6 Å². The lowest BCUT2D eigenvalue weighted by atomic mass is 10.1. The van der Waals surface area contributed by atoms with Gasteiger partial charge in [-0.25, -0.2) is 14.2 Å². The van der Waals surface area contributed by atoms with Gasteiger partial charge in [0.25, 0.3) is 0 Å². The van der Waals surface area contributed by atoms with E-state index in [4.69, 9.17) is 10.00 Å². The van der Waals surface area contributed by atoms with Gasteiger partial charge in [-0.2, -0.15) is 5.26 Å². The second-order valence-electron chi connectivity index (χ2n) is 3.56. The van der Waals surface area contributed by atoms with E-state index >= 15 is 0 Å². The first kappa shape index (κ1) is 13.2. The molecule has 0 bridgehead atoms. The Kier molecular flexibility index (Phi) is 3.88. The summed E-state index contributed by atoms with van der Waals surface area (Å²) in [4.78, 5) is 16.2. The summed E-state index contributed by atoms with van der Waals surface area (Å²) >= 11 is 1.24. The second-order valence-corrected chi connectivity index (χ2v) is 4.41. The van der Waals surface area contributed by atoms with Gasteiger partial charge >= 0.3 is 5.97 Å². The number of halogens is 1. The molecule has 0 aliphatic rings. The van der Waals surface area contributed by atoms with E-state index in [1.807, 2.05) is 0 Å². The van der Waals surface area contributed by atoms with Crippen molar-refractivity contribution < 1.29 is 13.9 Å². The zero-order valence-electron chi connectivity index (χ0n) is 10.0. The lowest BCUT2D eigenvalue weighted by molar-refractivity contribution is 0.0521. The fourth-order valence-electron chi connectivity index (χ4n) is 1.55. The van der Waals surface area contributed by atoms with Crippen molar-refractivity contribution in [3.63, 3.8) is 0 Å². The van der Waals surface area contributed by atoms with Gasteiger partial charge in [0.15, 0.2) is 5.69 Å². The number of ether oxygens (including phenoxy) is 1. The van der Waals surface area contributed by atoms with Gasteiger partial charge in [-0.3, -0.25) is 0 Å². The van der Waals surface area contributed by atoms with E-state index < -0.39 is 11.8 Å². The molecule has 2 rings (SSSR count). The highest BCUT2D eigenvalue weighted by atomic mass is 32.1. The van der Waals surface area contributed by atoms with Crippen molar-refractivity contribution in [1.82, 2.24) is 4.98 Å². The second kappa shape index (κ2) is 5.59. The van der Waals surface area contributed by atoms with Gasteiger partial charge in [0, 0.05) is 0 Å². The molecule has 0 unspecified atom stereocenters. The zero-order chi connectivity index (χ0) is 13.8. The van der Waals surface area contributed by atoms with E-state index in [0.717, 1.165) is 0 Å². The maximum Gasteiger partial charge on any atom is 0.358 e. The molecule has 6 heteroatoms. The summed E-state index contributed by atoms with van der Waals surface area (Å²) in [5, 5.41) is 8.81. The predicted molar refractivity (Wildman–Crippen MR) is 68.2 cm³/mol. The SMILES string of the molecule is CCOC(=O)c1ncsc1-c1ccc(F)c(C#N)c1. The molecule has 1 aromatic carbocycles. The van der Waals surface area contributed by atoms with Crippen molar-refractivity contribution in [1.29, 1.82) is 5.26 Å². The minimum Gasteiger partial charge on any atom is -0.461 e. The Labute approximate surface area is 113 Å². The van der Waals surface area contributed by atoms with Gasteiger partial charge < -0.3 is 4.74 Å². The quantitative estimate of drug-likeness (QED) is 0.808. The van der Waals surface area contributed by atoms with E-state index in [9.17, 15) is 9.18 Å². The highest BCUT2D eigenvalue weighted by Gasteiger charge is 2.18. The topological polar surface area (TPSA) is 63.0 Å². The molecule has 0 radical (unpaired) electrons. The first-order valence-corrected chi connectivity index (χ1v) is 6.36. The van der Waals surface area contributed by atoms with Crippen LogP contribution in [0.4, 0.5) is 4.39 Å². The van der Waals surface area contributed by atoms with Crippen LogP contribution in [0.1, 0.15) is 23.0 Å². The Morgan fingerprint density at radius 2 is 2.37 bits per heavy atom. The Bertz CT molecular complexity index is 661. The number of hydrogen-bond donors (Lipinski definition) is 0. The molecule has 0 atom stereocenters. The third-order valence-corrected chi connectivity index (χ3v) is 3.26. The molecule has 0 aliphatic carbocycles. The molecule has 1 heterocycles. The van der Waals surface area contributed by atoms with Gasteiger partial charge in [0.1, 0.15) is 11.9 Å². The molecule has 0 aliphatic heterocycles. The fourth-order valence-corrected chi connectivity index (χ4v) is 2.32. The lowest BCUT2D eigenvalue weighted by Gasteiger charge is -2.03. The number of carbonyl (C=O) groups excluding carboxylic acids is 1. The largest absolute Gasteiger partial charge is 0.461 e. The summed E-state index contributed by atoms with van der Waals surface area (Å²) < 4.78 is 18.2. The molecule has 4 nitrogen and oxygen atoms in total. The van der Waals surface area contributed by atoms with Crippen molar-refractivity contribution in [2.24, 2.45) is 0 Å². The Balaban J connectivity index is 2.46. The van der Waals surface area contributed by atoms with Crippen molar-refractivity contribution in [2.45, 2.75) is 6.92 Å². The molecular formula is C13H9FN2O2S. The molecule has 2 aromatic rings. The van der Waals surface area contributed by atoms with Crippen LogP contribution in [0, 0.1) is 17.1 Å². The van der Waals surface area contributed by atoms with E-state index in [2.05, 4.69) is 4.98 Å². The maximum absolute atomic E-state index is 13.3. The summed E-state index contributed by atoms with van der Waals surface area (Å²) in [7, 11) is 0. The van der Waals surface area contributed by atoms with E-state index in [-0.39, 0.29) is 17.9 Å². The van der Waals surface area contributed by atoms with Crippen molar-refractivity contribution in [2.75, 3.05) is 6.61 Å². The van der Waals surface area contributed by atoms with Crippen LogP contribution < -0.4 is 0 Å². The fraction of sp³-hybridized carbons (Fsp3) is 0.154. The van der Waals surface area contributed by atoms with Crippen LogP contribution >= 0.6 is 11.3 Å². The first-order valence-electron chi connectivity index (χ1n) is 5.48. The number of hydrogen-bond acceptors (Lipinski definition) is 5. The molecular weight excluding hydrogens is 267 g/mol. The maximum atomic E-state index is 13.3. The normalized spacial score (nSPS) is 9.95. The summed E-state index contributed by atoms with van der Waals surface area (Å²) in [6, 6.07) is 5.86. The molecule has 0 saturated heterocycles. The number of esters is 1. The number of nitrogens with zero attached hydrogens (tertiary/aromatic N) is 2. The first-order chi connectivity index (χ1) is 9.17. The number of thiazole rings is 1. The average Bonchev–Trinajstić information content (AvgIpc) is 2.89. The van der Waals surface area contributed by atoms with Crippen LogP contribution in [-0.4, -0.2) is 17.6 Å². The Morgan fingerprint density at radius 3 is 3.05 bits per heavy atom. The van der Waals surface area contributed by atoms with E-state index in [0.29, 0.717) is 10.4 Å². The van der Waals surface area contributed by atoms with Crippen LogP contribution in [0.2, 0.25) is 0 Å². The Morgan fingerprint density at radius 1 is 1.58 bits per heavy atom. The lowest BCUT2D eigenvalue weighted by Crippen LogP contribution is -2.06. The highest BCUT2D eigenvalue weighted by Crippen LogP contribution is 2.29. The van der Waals surface area contributed by atoms with Crippen LogP contribution in [0.15, 0.2) is 23.7 Å². The van der Waals surface area contributed by atoms with Crippen molar-refractivity contribution in [3.8, 4) is 16.5 Å². The molecule has 0 fully saturated rings. The molecule has 0 amide bonds. The molecule has 0 N–H and O–H groups in total. The summed E-state index contributed by atoms with van der Waals surface area (Å²) in [6.07, 6.45) is 0. The van der Waals surface area contributed by atoms with Gasteiger partial charge in [0.2, 0.25) is 0 Å². The van der Waals surface area contributed by atoms with Crippen molar-refractivity contribution >= 4 is 17.3 Å². The van der Waals surface area contributed by atoms with E-state index in [1.165, 1.54) is 35.0 Å². The van der Waals surface area contributed by atoms with Crippen LogP contribution in [0.5, 0.6) is 0 Å². The number of aromatic nitrogens is 1. The summed E-state index contributed by atoms with van der Waals surface area (Å²) in [6.45, 7) is 1.96. The predicted octanol–water partition coefficient (Wildman–Crippen LogP) is 3.00. The number of benzene rings is 1. The smallest absolute Gasteiger partial charge is 0.358 e. The summed E-state index contributed by atoms with van der Waals surface area (Å²) in [5.74, 6) is -1.12. The summed E-state index contributed by atoms with van der Waals surface area (Å²) in [5.41, 5.74) is 2.20. The third kappa shape index (κ3) is 2.61. The Hall–Kier alpha value is -2.26. The zero-order valence-corrected chi connectivity index (χ0v) is 10.8. The monoisotopic (exact) mass is 276 g/mol.